The Morgan fingerprint density at radius 2 is 2.06 bits per heavy atom. The van der Waals surface area contributed by atoms with Crippen LogP contribution in [-0.2, 0) is 12.7 Å². The molecule has 13 heteroatoms. The number of H-pyrrole nitrogens is 1. The van der Waals surface area contributed by atoms with Gasteiger partial charge >= 0.3 is 6.18 Å². The summed E-state index contributed by atoms with van der Waals surface area (Å²) < 4.78 is 44.0. The molecule has 0 saturated heterocycles. The number of imidazole rings is 1. The number of nitrogens with two attached hydrogens (primary N) is 2. The maximum Gasteiger partial charge on any atom is 0.416 e. The molecule has 1 aromatic carbocycles. The summed E-state index contributed by atoms with van der Waals surface area (Å²) in [4.78, 5) is 27.4. The Hall–Kier alpha value is -4.00. The lowest BCUT2D eigenvalue weighted by molar-refractivity contribution is -0.137. The topological polar surface area (TPSA) is 162 Å². The number of hydrogen-bond donors (Lipinski definition) is 4. The number of hydrogen-bond acceptors (Lipinski definition) is 8. The molecule has 6 N–H and O–H groups in total. The van der Waals surface area contributed by atoms with Crippen LogP contribution in [0.15, 0.2) is 35.1 Å². The van der Waals surface area contributed by atoms with E-state index in [1.807, 2.05) is 0 Å². The van der Waals surface area contributed by atoms with Gasteiger partial charge in [0.05, 0.1) is 22.6 Å². The number of aromatic nitrogens is 5. The first-order valence-corrected chi connectivity index (χ1v) is 9.31. The number of amides is 1. The number of benzene rings is 1. The number of alkyl halides is 3. The zero-order valence-electron chi connectivity index (χ0n) is 16.6. The zero-order valence-corrected chi connectivity index (χ0v) is 16.6. The molecule has 3 aromatic heterocycles. The summed E-state index contributed by atoms with van der Waals surface area (Å²) in [6.45, 7) is 1.65. The average molecular weight is 446 g/mol. The number of aromatic amines is 1. The van der Waals surface area contributed by atoms with Crippen LogP contribution in [0.3, 0.4) is 0 Å². The van der Waals surface area contributed by atoms with Gasteiger partial charge in [-0.2, -0.15) is 13.2 Å². The van der Waals surface area contributed by atoms with Crippen molar-refractivity contribution in [2.45, 2.75) is 25.7 Å². The molecule has 4 rings (SSSR count). The van der Waals surface area contributed by atoms with E-state index in [2.05, 4.69) is 30.4 Å². The number of rotatable bonds is 5. The van der Waals surface area contributed by atoms with E-state index in [-0.39, 0.29) is 35.2 Å². The highest BCUT2D eigenvalue weighted by Crippen LogP contribution is 2.32. The molecule has 0 saturated carbocycles. The molecule has 0 fully saturated rings. The summed E-state index contributed by atoms with van der Waals surface area (Å²) in [5.41, 5.74) is 11.8. The first kappa shape index (κ1) is 21.2. The van der Waals surface area contributed by atoms with Crippen molar-refractivity contribution in [1.29, 1.82) is 0 Å². The molecular formula is C19H17F3N8O2. The third-order valence-electron chi connectivity index (χ3n) is 4.76. The SMILES string of the molecule is CC(NC(=O)c1ncnc(N)c1CN)c1cc(-c2nc3ccc(C(F)(F)F)cc3[nH]2)on1. The van der Waals surface area contributed by atoms with Crippen LogP contribution in [0.5, 0.6) is 0 Å². The Bertz CT molecular complexity index is 1300. The van der Waals surface area contributed by atoms with Crippen molar-refractivity contribution in [3.05, 3.63) is 53.1 Å². The van der Waals surface area contributed by atoms with E-state index < -0.39 is 23.7 Å². The number of fused-ring (bicyclic) bond motifs is 1. The first-order valence-electron chi connectivity index (χ1n) is 9.31. The predicted octanol–water partition coefficient (Wildman–Crippen LogP) is 2.56. The molecule has 0 bridgehead atoms. The maximum atomic E-state index is 12.9. The summed E-state index contributed by atoms with van der Waals surface area (Å²) in [5, 5.41) is 6.63. The fourth-order valence-corrected chi connectivity index (χ4v) is 3.07. The van der Waals surface area contributed by atoms with Crippen LogP contribution < -0.4 is 16.8 Å². The third-order valence-corrected chi connectivity index (χ3v) is 4.76. The third kappa shape index (κ3) is 3.97. The molecule has 32 heavy (non-hydrogen) atoms. The molecule has 10 nitrogen and oxygen atoms in total. The van der Waals surface area contributed by atoms with E-state index in [4.69, 9.17) is 16.0 Å². The number of anilines is 1. The van der Waals surface area contributed by atoms with E-state index >= 15 is 0 Å². The Morgan fingerprint density at radius 3 is 2.78 bits per heavy atom. The Morgan fingerprint density at radius 1 is 1.28 bits per heavy atom. The van der Waals surface area contributed by atoms with Gasteiger partial charge in [-0.15, -0.1) is 0 Å². The minimum absolute atomic E-state index is 0.0139. The number of halogens is 3. The fourth-order valence-electron chi connectivity index (χ4n) is 3.07. The lowest BCUT2D eigenvalue weighted by atomic mass is 10.1. The quantitative estimate of drug-likeness (QED) is 0.364. The summed E-state index contributed by atoms with van der Waals surface area (Å²) in [7, 11) is 0. The highest BCUT2D eigenvalue weighted by Gasteiger charge is 2.31. The summed E-state index contributed by atoms with van der Waals surface area (Å²) >= 11 is 0. The lowest BCUT2D eigenvalue weighted by Gasteiger charge is -2.12. The van der Waals surface area contributed by atoms with Crippen molar-refractivity contribution < 1.29 is 22.5 Å². The Balaban J connectivity index is 1.55. The van der Waals surface area contributed by atoms with E-state index in [1.165, 1.54) is 12.1 Å². The van der Waals surface area contributed by atoms with Gasteiger partial charge in [-0.3, -0.25) is 4.79 Å². The minimum atomic E-state index is -4.47. The van der Waals surface area contributed by atoms with Gasteiger partial charge in [0.15, 0.2) is 5.82 Å². The minimum Gasteiger partial charge on any atom is -0.383 e. The summed E-state index contributed by atoms with van der Waals surface area (Å²) in [6.07, 6.45) is -3.31. The molecule has 0 aliphatic heterocycles. The second-order valence-electron chi connectivity index (χ2n) is 6.92. The van der Waals surface area contributed by atoms with Crippen LogP contribution in [-0.4, -0.2) is 31.0 Å². The van der Waals surface area contributed by atoms with Crippen LogP contribution >= 0.6 is 0 Å². The Kier molecular flexibility index (Phi) is 5.26. The maximum absolute atomic E-state index is 12.9. The standard InChI is InChI=1S/C19H17F3N8O2/c1-8(27-18(31)15-10(6-23)16(24)26-7-25-15)12-5-14(32-30-12)17-28-11-3-2-9(19(20,21)22)4-13(11)29-17/h2-5,7-8H,6,23H2,1H3,(H,27,31)(H,28,29)(H2,24,25,26). The average Bonchev–Trinajstić information content (AvgIpc) is 3.39. The lowest BCUT2D eigenvalue weighted by Crippen LogP contribution is -2.29. The monoisotopic (exact) mass is 446 g/mol. The van der Waals surface area contributed by atoms with Crippen molar-refractivity contribution in [3.8, 4) is 11.6 Å². The van der Waals surface area contributed by atoms with Gasteiger partial charge in [0, 0.05) is 18.2 Å². The van der Waals surface area contributed by atoms with Crippen molar-refractivity contribution in [2.75, 3.05) is 5.73 Å². The van der Waals surface area contributed by atoms with Gasteiger partial charge in [0.25, 0.3) is 5.91 Å². The second-order valence-corrected chi connectivity index (χ2v) is 6.92. The van der Waals surface area contributed by atoms with Crippen molar-refractivity contribution in [2.24, 2.45) is 5.73 Å². The molecule has 1 amide bonds. The van der Waals surface area contributed by atoms with Gasteiger partial charge in [0.2, 0.25) is 5.76 Å². The van der Waals surface area contributed by atoms with Gasteiger partial charge in [0.1, 0.15) is 23.5 Å². The van der Waals surface area contributed by atoms with Crippen LogP contribution in [0, 0.1) is 0 Å². The molecule has 1 unspecified atom stereocenters. The summed E-state index contributed by atoms with van der Waals surface area (Å²) in [6, 6.07) is 4.11. The van der Waals surface area contributed by atoms with Gasteiger partial charge in [-0.25, -0.2) is 15.0 Å². The van der Waals surface area contributed by atoms with Gasteiger partial charge in [-0.05, 0) is 25.1 Å². The highest BCUT2D eigenvalue weighted by molar-refractivity contribution is 5.94. The normalized spacial score (nSPS) is 12.8. The van der Waals surface area contributed by atoms with Crippen LogP contribution in [0.2, 0.25) is 0 Å². The number of carbonyl (C=O) groups is 1. The first-order chi connectivity index (χ1) is 15.2. The molecule has 3 heterocycles. The molecular weight excluding hydrogens is 429 g/mol. The number of carbonyl (C=O) groups excluding carboxylic acids is 1. The van der Waals surface area contributed by atoms with E-state index in [1.54, 1.807) is 6.92 Å². The molecule has 1 atom stereocenters. The predicted molar refractivity (Wildman–Crippen MR) is 107 cm³/mol. The summed E-state index contributed by atoms with van der Waals surface area (Å²) in [5.74, 6) is -0.0204. The number of nitrogens with one attached hydrogen (secondary N) is 2. The highest BCUT2D eigenvalue weighted by atomic mass is 19.4. The van der Waals surface area contributed by atoms with E-state index in [9.17, 15) is 18.0 Å². The van der Waals surface area contributed by atoms with Crippen molar-refractivity contribution in [3.63, 3.8) is 0 Å². The molecule has 0 radical (unpaired) electrons. The van der Waals surface area contributed by atoms with E-state index in [0.29, 0.717) is 16.8 Å². The molecule has 166 valence electrons. The van der Waals surface area contributed by atoms with Crippen molar-refractivity contribution >= 4 is 22.8 Å². The van der Waals surface area contributed by atoms with Crippen molar-refractivity contribution in [1.82, 2.24) is 30.4 Å². The number of nitrogen functional groups attached to an aromatic ring is 1. The van der Waals surface area contributed by atoms with Crippen LogP contribution in [0.25, 0.3) is 22.6 Å². The second kappa shape index (κ2) is 7.92. The van der Waals surface area contributed by atoms with Crippen LogP contribution in [0.1, 0.15) is 40.3 Å². The zero-order chi connectivity index (χ0) is 23.0. The molecule has 0 aliphatic rings. The smallest absolute Gasteiger partial charge is 0.383 e. The molecule has 0 spiro atoms. The van der Waals surface area contributed by atoms with Crippen LogP contribution in [0.4, 0.5) is 19.0 Å². The molecule has 0 aliphatic carbocycles. The van der Waals surface area contributed by atoms with Gasteiger partial charge in [-0.1, -0.05) is 5.16 Å². The number of nitrogens with zero attached hydrogens (tertiary/aromatic N) is 4. The van der Waals surface area contributed by atoms with Gasteiger partial charge < -0.3 is 26.3 Å². The fraction of sp³-hybridized carbons (Fsp3) is 0.211. The molecule has 4 aromatic rings. The Labute approximate surface area is 178 Å². The van der Waals surface area contributed by atoms with E-state index in [0.717, 1.165) is 18.5 Å². The largest absolute Gasteiger partial charge is 0.416 e.